The van der Waals surface area contributed by atoms with Gasteiger partial charge in [0.05, 0.1) is 12.1 Å². The van der Waals surface area contributed by atoms with Gasteiger partial charge in [0.25, 0.3) is 5.56 Å². The molecule has 7 heteroatoms. The Labute approximate surface area is 164 Å². The van der Waals surface area contributed by atoms with Gasteiger partial charge in [0.15, 0.2) is 5.56 Å². The van der Waals surface area contributed by atoms with E-state index in [0.29, 0.717) is 22.3 Å². The summed E-state index contributed by atoms with van der Waals surface area (Å²) in [5, 5.41) is 12.2. The number of hydrogen-bond acceptors (Lipinski definition) is 4. The van der Waals surface area contributed by atoms with Crippen LogP contribution in [0.1, 0.15) is 22.3 Å². The van der Waals surface area contributed by atoms with Crippen LogP contribution in [-0.2, 0) is 11.2 Å². The summed E-state index contributed by atoms with van der Waals surface area (Å²) in [6, 6.07) is 12.6. The molecule has 0 aliphatic heterocycles. The fourth-order valence-electron chi connectivity index (χ4n) is 3.28. The van der Waals surface area contributed by atoms with E-state index in [-0.39, 0.29) is 6.61 Å². The van der Waals surface area contributed by atoms with Gasteiger partial charge in [0, 0.05) is 27.5 Å². The predicted molar refractivity (Wildman–Crippen MR) is 108 cm³/mol. The third-order valence-corrected chi connectivity index (χ3v) is 4.89. The third kappa shape index (κ3) is 3.34. The van der Waals surface area contributed by atoms with E-state index >= 15 is 0 Å². The van der Waals surface area contributed by atoms with Gasteiger partial charge in [0.2, 0.25) is 0 Å². The molecule has 0 atom stereocenters. The highest BCUT2D eigenvalue weighted by molar-refractivity contribution is 6.31. The first-order valence-corrected chi connectivity index (χ1v) is 9.19. The molecule has 0 radical (unpaired) electrons. The first-order valence-electron chi connectivity index (χ1n) is 8.81. The Hall–Kier alpha value is -3.25. The fraction of sp³-hybridized carbons (Fsp3) is 0.143. The first-order chi connectivity index (χ1) is 13.5. The fourth-order valence-corrected chi connectivity index (χ4v) is 3.45. The number of carbonyl (C=O) groups excluding carboxylic acids is 1. The van der Waals surface area contributed by atoms with Crippen molar-refractivity contribution in [3.63, 3.8) is 0 Å². The molecule has 0 saturated heterocycles. The number of ether oxygens (including phenoxy) is 1. The molecule has 0 amide bonds. The lowest BCUT2D eigenvalue weighted by Crippen LogP contribution is -2.20. The zero-order valence-corrected chi connectivity index (χ0v) is 15.5. The van der Waals surface area contributed by atoms with E-state index in [9.17, 15) is 14.7 Å². The second-order valence-corrected chi connectivity index (χ2v) is 6.90. The van der Waals surface area contributed by atoms with E-state index < -0.39 is 22.8 Å². The molecule has 0 aliphatic carbocycles. The molecule has 0 unspecified atom stereocenters. The van der Waals surface area contributed by atoms with Crippen molar-refractivity contribution < 1.29 is 14.6 Å². The smallest absolute Gasteiger partial charge is 0.347 e. The molecule has 2 heterocycles. The van der Waals surface area contributed by atoms with Crippen molar-refractivity contribution in [1.29, 1.82) is 0 Å². The number of halogens is 1. The largest absolute Gasteiger partial charge is 0.506 e. The number of pyridine rings is 1. The van der Waals surface area contributed by atoms with E-state index in [1.54, 1.807) is 6.07 Å². The van der Waals surface area contributed by atoms with E-state index in [1.807, 2.05) is 30.5 Å². The normalized spacial score (nSPS) is 11.2. The molecule has 0 bridgehead atoms. The van der Waals surface area contributed by atoms with Crippen molar-refractivity contribution in [2.45, 2.75) is 12.8 Å². The molecule has 0 aliphatic rings. The molecule has 4 rings (SSSR count). The molecular formula is C21H17ClN2O4. The van der Waals surface area contributed by atoms with Gasteiger partial charge in [-0.15, -0.1) is 0 Å². The minimum absolute atomic E-state index is 0.135. The SMILES string of the molecule is O=C(OCCCc1c[nH]c2ccccc12)c1c(O)c2ccc(Cl)cc2[nH]c1=O. The van der Waals surface area contributed by atoms with E-state index in [0.717, 1.165) is 22.9 Å². The highest BCUT2D eigenvalue weighted by Crippen LogP contribution is 2.27. The number of fused-ring (bicyclic) bond motifs is 2. The highest BCUT2D eigenvalue weighted by Gasteiger charge is 2.20. The molecule has 0 fully saturated rings. The summed E-state index contributed by atoms with van der Waals surface area (Å²) in [5.41, 5.74) is 1.43. The van der Waals surface area contributed by atoms with Crippen molar-refractivity contribution in [2.75, 3.05) is 6.61 Å². The summed E-state index contributed by atoms with van der Waals surface area (Å²) in [6.07, 6.45) is 3.25. The second-order valence-electron chi connectivity index (χ2n) is 6.47. The maximum Gasteiger partial charge on any atom is 0.347 e. The van der Waals surface area contributed by atoms with Crippen LogP contribution in [0.15, 0.2) is 53.5 Å². The first kappa shape index (κ1) is 18.1. The maximum atomic E-state index is 12.3. The lowest BCUT2D eigenvalue weighted by molar-refractivity contribution is 0.0495. The van der Waals surface area contributed by atoms with Crippen LogP contribution in [0.25, 0.3) is 21.8 Å². The Morgan fingerprint density at radius 3 is 2.79 bits per heavy atom. The number of esters is 1. The van der Waals surface area contributed by atoms with Crippen molar-refractivity contribution in [2.24, 2.45) is 0 Å². The number of aryl methyl sites for hydroxylation is 1. The van der Waals surface area contributed by atoms with Crippen LogP contribution < -0.4 is 5.56 Å². The van der Waals surface area contributed by atoms with Crippen LogP contribution in [0.3, 0.4) is 0 Å². The molecule has 142 valence electrons. The topological polar surface area (TPSA) is 95.2 Å². The van der Waals surface area contributed by atoms with Crippen molar-refractivity contribution in [1.82, 2.24) is 9.97 Å². The highest BCUT2D eigenvalue weighted by atomic mass is 35.5. The van der Waals surface area contributed by atoms with Gasteiger partial charge in [-0.1, -0.05) is 29.8 Å². The average Bonchev–Trinajstić information content (AvgIpc) is 3.08. The molecule has 28 heavy (non-hydrogen) atoms. The van der Waals surface area contributed by atoms with Gasteiger partial charge < -0.3 is 19.8 Å². The van der Waals surface area contributed by atoms with Gasteiger partial charge in [-0.2, -0.15) is 0 Å². The Balaban J connectivity index is 1.45. The van der Waals surface area contributed by atoms with Gasteiger partial charge in [-0.05, 0) is 42.7 Å². The number of aromatic amines is 2. The number of carbonyl (C=O) groups is 1. The lowest BCUT2D eigenvalue weighted by atomic mass is 10.1. The van der Waals surface area contributed by atoms with Gasteiger partial charge in [0.1, 0.15) is 5.75 Å². The van der Waals surface area contributed by atoms with E-state index in [2.05, 4.69) is 9.97 Å². The minimum atomic E-state index is -0.852. The number of para-hydroxylation sites is 1. The van der Waals surface area contributed by atoms with E-state index in [4.69, 9.17) is 16.3 Å². The molecule has 3 N–H and O–H groups in total. The van der Waals surface area contributed by atoms with Gasteiger partial charge in [-0.3, -0.25) is 4.79 Å². The number of rotatable bonds is 5. The third-order valence-electron chi connectivity index (χ3n) is 4.65. The Bertz CT molecular complexity index is 1240. The standard InChI is InChI=1S/C21H17ClN2O4/c22-13-7-8-15-17(10-13)24-20(26)18(19(15)25)21(27)28-9-3-4-12-11-23-16-6-2-1-5-14(12)16/h1-2,5-8,10-11,23H,3-4,9H2,(H2,24,25,26). The zero-order chi connectivity index (χ0) is 19.7. The van der Waals surface area contributed by atoms with Crippen LogP contribution >= 0.6 is 11.6 Å². The minimum Gasteiger partial charge on any atom is -0.506 e. The monoisotopic (exact) mass is 396 g/mol. The van der Waals surface area contributed by atoms with Crippen LogP contribution in [0.4, 0.5) is 0 Å². The summed E-state index contributed by atoms with van der Waals surface area (Å²) < 4.78 is 5.22. The van der Waals surface area contributed by atoms with Crippen molar-refractivity contribution >= 4 is 39.4 Å². The molecule has 4 aromatic rings. The number of benzene rings is 2. The Kier molecular flexibility index (Phi) is 4.79. The number of H-pyrrole nitrogens is 2. The maximum absolute atomic E-state index is 12.3. The van der Waals surface area contributed by atoms with Gasteiger partial charge >= 0.3 is 5.97 Å². The van der Waals surface area contributed by atoms with E-state index in [1.165, 1.54) is 12.1 Å². The number of aromatic hydroxyl groups is 1. The molecule has 6 nitrogen and oxygen atoms in total. The summed E-state index contributed by atoms with van der Waals surface area (Å²) in [6.45, 7) is 0.135. The Morgan fingerprint density at radius 2 is 1.93 bits per heavy atom. The number of hydrogen-bond donors (Lipinski definition) is 3. The average molecular weight is 397 g/mol. The second kappa shape index (κ2) is 7.40. The summed E-state index contributed by atoms with van der Waals surface area (Å²) in [4.78, 5) is 30.3. The molecular weight excluding hydrogens is 380 g/mol. The quantitative estimate of drug-likeness (QED) is 0.348. The van der Waals surface area contributed by atoms with Crippen LogP contribution in [0, 0.1) is 0 Å². The zero-order valence-electron chi connectivity index (χ0n) is 14.8. The molecule has 0 saturated carbocycles. The summed E-state index contributed by atoms with van der Waals surface area (Å²) in [7, 11) is 0. The number of nitrogens with one attached hydrogen (secondary N) is 2. The van der Waals surface area contributed by atoms with Crippen LogP contribution in [0.2, 0.25) is 5.02 Å². The summed E-state index contributed by atoms with van der Waals surface area (Å²) in [5.74, 6) is -1.26. The van der Waals surface area contributed by atoms with Crippen LogP contribution in [0.5, 0.6) is 5.75 Å². The number of aromatic nitrogens is 2. The molecule has 2 aromatic carbocycles. The molecule has 0 spiro atoms. The van der Waals surface area contributed by atoms with Crippen LogP contribution in [-0.4, -0.2) is 27.7 Å². The predicted octanol–water partition coefficient (Wildman–Crippen LogP) is 4.16. The van der Waals surface area contributed by atoms with Crippen molar-refractivity contribution in [3.05, 3.63) is 75.2 Å². The lowest BCUT2D eigenvalue weighted by Gasteiger charge is -2.08. The Morgan fingerprint density at radius 1 is 1.11 bits per heavy atom. The molecule has 2 aromatic heterocycles. The summed E-state index contributed by atoms with van der Waals surface area (Å²) >= 11 is 5.89. The van der Waals surface area contributed by atoms with Crippen molar-refractivity contribution in [3.8, 4) is 5.75 Å². The van der Waals surface area contributed by atoms with Gasteiger partial charge in [-0.25, -0.2) is 4.79 Å².